The summed E-state index contributed by atoms with van der Waals surface area (Å²) in [6.07, 6.45) is 1.02. The van der Waals surface area contributed by atoms with Crippen LogP contribution in [0.15, 0.2) is 38.4 Å². The standard InChI is InChI=1S/C9H7BrN2O3S/c1-16(13,14)9-12-11-8(15-9)6-2-4-7(10)5-3-6/h2-5H,1H3. The van der Waals surface area contributed by atoms with Crippen LogP contribution in [0.2, 0.25) is 0 Å². The zero-order valence-corrected chi connectivity index (χ0v) is 10.6. The molecule has 0 radical (unpaired) electrons. The molecular weight excluding hydrogens is 296 g/mol. The molecule has 0 atom stereocenters. The van der Waals surface area contributed by atoms with Crippen LogP contribution in [0.3, 0.4) is 0 Å². The summed E-state index contributed by atoms with van der Waals surface area (Å²) in [5.74, 6) is 0.188. The van der Waals surface area contributed by atoms with Crippen molar-refractivity contribution >= 4 is 25.8 Å². The quantitative estimate of drug-likeness (QED) is 0.847. The summed E-state index contributed by atoms with van der Waals surface area (Å²) < 4.78 is 28.2. The predicted molar refractivity (Wildman–Crippen MR) is 60.5 cm³/mol. The van der Waals surface area contributed by atoms with Gasteiger partial charge in [0.05, 0.1) is 0 Å². The number of aromatic nitrogens is 2. The number of benzene rings is 1. The maximum absolute atomic E-state index is 11.1. The minimum absolute atomic E-state index is 0.188. The summed E-state index contributed by atoms with van der Waals surface area (Å²) >= 11 is 3.29. The summed E-state index contributed by atoms with van der Waals surface area (Å²) in [4.78, 5) is 0. The van der Waals surface area contributed by atoms with Crippen LogP contribution in [0.5, 0.6) is 0 Å². The van der Waals surface area contributed by atoms with Gasteiger partial charge in [0, 0.05) is 16.3 Å². The molecule has 0 fully saturated rings. The monoisotopic (exact) mass is 302 g/mol. The smallest absolute Gasteiger partial charge is 0.335 e. The van der Waals surface area contributed by atoms with Gasteiger partial charge in [0.1, 0.15) is 0 Å². The first kappa shape index (κ1) is 11.3. The van der Waals surface area contributed by atoms with Crippen molar-refractivity contribution in [2.45, 2.75) is 5.22 Å². The van der Waals surface area contributed by atoms with Gasteiger partial charge in [-0.25, -0.2) is 8.42 Å². The van der Waals surface area contributed by atoms with E-state index in [1.807, 2.05) is 0 Å². The fraction of sp³-hybridized carbons (Fsp3) is 0.111. The van der Waals surface area contributed by atoms with Crippen LogP contribution in [-0.4, -0.2) is 24.9 Å². The van der Waals surface area contributed by atoms with Gasteiger partial charge in [-0.3, -0.25) is 0 Å². The average Bonchev–Trinajstić information content (AvgIpc) is 2.67. The highest BCUT2D eigenvalue weighted by Crippen LogP contribution is 2.21. The largest absolute Gasteiger partial charge is 0.408 e. The van der Waals surface area contributed by atoms with Gasteiger partial charge in [-0.2, -0.15) is 0 Å². The lowest BCUT2D eigenvalue weighted by Crippen LogP contribution is -1.96. The molecule has 0 unspecified atom stereocenters. The van der Waals surface area contributed by atoms with E-state index in [2.05, 4.69) is 26.1 Å². The minimum Gasteiger partial charge on any atom is -0.408 e. The van der Waals surface area contributed by atoms with Crippen molar-refractivity contribution in [3.05, 3.63) is 28.7 Å². The topological polar surface area (TPSA) is 73.1 Å². The van der Waals surface area contributed by atoms with Crippen LogP contribution < -0.4 is 0 Å². The lowest BCUT2D eigenvalue weighted by atomic mass is 10.2. The van der Waals surface area contributed by atoms with Crippen molar-refractivity contribution in [2.24, 2.45) is 0 Å². The van der Waals surface area contributed by atoms with Gasteiger partial charge in [0.15, 0.2) is 0 Å². The van der Waals surface area contributed by atoms with E-state index in [1.54, 1.807) is 24.3 Å². The van der Waals surface area contributed by atoms with Crippen LogP contribution in [0.1, 0.15) is 0 Å². The first-order chi connectivity index (χ1) is 7.47. The summed E-state index contributed by atoms with van der Waals surface area (Å²) in [7, 11) is -3.45. The number of sulfone groups is 1. The van der Waals surface area contributed by atoms with Crippen molar-refractivity contribution < 1.29 is 12.8 Å². The van der Waals surface area contributed by atoms with Gasteiger partial charge in [0.2, 0.25) is 15.7 Å². The summed E-state index contributed by atoms with van der Waals surface area (Å²) in [6, 6.07) is 7.12. The SMILES string of the molecule is CS(=O)(=O)c1nnc(-c2ccc(Br)cc2)o1. The van der Waals surface area contributed by atoms with Gasteiger partial charge in [-0.05, 0) is 24.3 Å². The molecule has 1 aromatic heterocycles. The normalized spacial score (nSPS) is 11.6. The van der Waals surface area contributed by atoms with Crippen molar-refractivity contribution in [2.75, 3.05) is 6.26 Å². The molecule has 2 rings (SSSR count). The van der Waals surface area contributed by atoms with Crippen LogP contribution >= 0.6 is 15.9 Å². The number of rotatable bonds is 2. The Morgan fingerprint density at radius 3 is 2.31 bits per heavy atom. The van der Waals surface area contributed by atoms with E-state index in [-0.39, 0.29) is 11.1 Å². The Kier molecular flexibility index (Phi) is 2.81. The van der Waals surface area contributed by atoms with Crippen molar-refractivity contribution in [1.29, 1.82) is 0 Å². The highest BCUT2D eigenvalue weighted by Gasteiger charge is 2.17. The molecule has 0 aliphatic carbocycles. The van der Waals surface area contributed by atoms with E-state index in [1.165, 1.54) is 0 Å². The van der Waals surface area contributed by atoms with E-state index < -0.39 is 9.84 Å². The Morgan fingerprint density at radius 2 is 1.81 bits per heavy atom. The van der Waals surface area contributed by atoms with Crippen LogP contribution in [0.4, 0.5) is 0 Å². The second-order valence-electron chi connectivity index (χ2n) is 3.15. The Bertz CT molecular complexity index is 604. The summed E-state index contributed by atoms with van der Waals surface area (Å²) in [6.45, 7) is 0. The van der Waals surface area contributed by atoms with Crippen molar-refractivity contribution in [1.82, 2.24) is 10.2 Å². The Hall–Kier alpha value is -1.21. The molecule has 0 N–H and O–H groups in total. The molecule has 7 heteroatoms. The molecule has 2 aromatic rings. The van der Waals surface area contributed by atoms with Gasteiger partial charge < -0.3 is 4.42 Å². The molecule has 0 aliphatic heterocycles. The van der Waals surface area contributed by atoms with E-state index in [4.69, 9.17) is 4.42 Å². The Morgan fingerprint density at radius 1 is 1.19 bits per heavy atom. The number of hydrogen-bond donors (Lipinski definition) is 0. The number of halogens is 1. The molecule has 0 aliphatic rings. The maximum Gasteiger partial charge on any atom is 0.335 e. The van der Waals surface area contributed by atoms with Crippen molar-refractivity contribution in [3.8, 4) is 11.5 Å². The number of hydrogen-bond acceptors (Lipinski definition) is 5. The second-order valence-corrected chi connectivity index (χ2v) is 5.96. The molecule has 1 heterocycles. The van der Waals surface area contributed by atoms with E-state index >= 15 is 0 Å². The molecule has 0 amide bonds. The zero-order chi connectivity index (χ0) is 11.8. The lowest BCUT2D eigenvalue weighted by molar-refractivity contribution is 0.442. The molecular formula is C9H7BrN2O3S. The van der Waals surface area contributed by atoms with E-state index in [9.17, 15) is 8.42 Å². The maximum atomic E-state index is 11.1. The fourth-order valence-electron chi connectivity index (χ4n) is 1.07. The van der Waals surface area contributed by atoms with Gasteiger partial charge >= 0.3 is 5.22 Å². The highest BCUT2D eigenvalue weighted by atomic mass is 79.9. The lowest BCUT2D eigenvalue weighted by Gasteiger charge is -1.93. The molecule has 0 bridgehead atoms. The average molecular weight is 303 g/mol. The molecule has 16 heavy (non-hydrogen) atoms. The molecule has 1 aromatic carbocycles. The second kappa shape index (κ2) is 3.99. The molecule has 5 nitrogen and oxygen atoms in total. The van der Waals surface area contributed by atoms with Crippen LogP contribution in [-0.2, 0) is 9.84 Å². The molecule has 0 saturated carbocycles. The highest BCUT2D eigenvalue weighted by molar-refractivity contribution is 9.10. The van der Waals surface area contributed by atoms with E-state index in [0.717, 1.165) is 10.7 Å². The molecule has 0 saturated heterocycles. The third-order valence-electron chi connectivity index (χ3n) is 1.81. The number of nitrogens with zero attached hydrogens (tertiary/aromatic N) is 2. The van der Waals surface area contributed by atoms with Crippen LogP contribution in [0.25, 0.3) is 11.5 Å². The minimum atomic E-state index is -3.45. The molecule has 0 spiro atoms. The Labute approximate surface area is 101 Å². The third kappa shape index (κ3) is 2.30. The Balaban J connectivity index is 2.43. The van der Waals surface area contributed by atoms with Gasteiger partial charge in [-0.15, -0.1) is 5.10 Å². The first-order valence-electron chi connectivity index (χ1n) is 4.26. The van der Waals surface area contributed by atoms with Gasteiger partial charge in [0.25, 0.3) is 0 Å². The fourth-order valence-corrected chi connectivity index (χ4v) is 1.75. The molecule has 84 valence electrons. The predicted octanol–water partition coefficient (Wildman–Crippen LogP) is 1.90. The van der Waals surface area contributed by atoms with Crippen LogP contribution in [0, 0.1) is 0 Å². The zero-order valence-electron chi connectivity index (χ0n) is 8.21. The van der Waals surface area contributed by atoms with Gasteiger partial charge in [-0.1, -0.05) is 21.0 Å². The van der Waals surface area contributed by atoms with E-state index in [0.29, 0.717) is 5.56 Å². The summed E-state index contributed by atoms with van der Waals surface area (Å²) in [5, 5.41) is 6.77. The van der Waals surface area contributed by atoms with Crippen molar-refractivity contribution in [3.63, 3.8) is 0 Å². The first-order valence-corrected chi connectivity index (χ1v) is 6.95. The third-order valence-corrected chi connectivity index (χ3v) is 3.14. The summed E-state index contributed by atoms with van der Waals surface area (Å²) in [5.41, 5.74) is 0.672.